The van der Waals surface area contributed by atoms with Crippen LogP contribution in [0.1, 0.15) is 6.42 Å². The molecule has 0 aromatic heterocycles. The standard InChI is InChI=1S/C7H13NO3S/c1-12(9,10)8-4-7(5-8)2-3-11-6-7/h2-6H2,1H3. The quantitative estimate of drug-likeness (QED) is 0.570. The van der Waals surface area contributed by atoms with E-state index in [-0.39, 0.29) is 5.41 Å². The molecule has 0 unspecified atom stereocenters. The Morgan fingerprint density at radius 1 is 1.42 bits per heavy atom. The summed E-state index contributed by atoms with van der Waals surface area (Å²) in [7, 11) is -2.95. The fourth-order valence-corrected chi connectivity index (χ4v) is 2.85. The monoisotopic (exact) mass is 191 g/mol. The van der Waals surface area contributed by atoms with Crippen molar-refractivity contribution in [2.24, 2.45) is 5.41 Å². The van der Waals surface area contributed by atoms with Crippen molar-refractivity contribution < 1.29 is 13.2 Å². The minimum absolute atomic E-state index is 0.170. The Morgan fingerprint density at radius 2 is 2.08 bits per heavy atom. The van der Waals surface area contributed by atoms with E-state index >= 15 is 0 Å². The van der Waals surface area contributed by atoms with E-state index in [1.165, 1.54) is 10.6 Å². The van der Waals surface area contributed by atoms with Gasteiger partial charge in [-0.1, -0.05) is 0 Å². The molecular formula is C7H13NO3S. The first-order valence-electron chi connectivity index (χ1n) is 4.05. The second-order valence-electron chi connectivity index (χ2n) is 3.83. The molecular weight excluding hydrogens is 178 g/mol. The summed E-state index contributed by atoms with van der Waals surface area (Å²) in [6.07, 6.45) is 2.27. The zero-order valence-corrected chi connectivity index (χ0v) is 7.93. The van der Waals surface area contributed by atoms with Gasteiger partial charge in [0.15, 0.2) is 0 Å². The molecule has 70 valence electrons. The van der Waals surface area contributed by atoms with Crippen LogP contribution in [0.3, 0.4) is 0 Å². The van der Waals surface area contributed by atoms with E-state index in [1.54, 1.807) is 0 Å². The third-order valence-electron chi connectivity index (χ3n) is 2.68. The van der Waals surface area contributed by atoms with Crippen molar-refractivity contribution in [3.63, 3.8) is 0 Å². The van der Waals surface area contributed by atoms with Crippen LogP contribution in [0.15, 0.2) is 0 Å². The third kappa shape index (κ3) is 1.26. The minimum Gasteiger partial charge on any atom is -0.381 e. The van der Waals surface area contributed by atoms with Crippen molar-refractivity contribution in [1.29, 1.82) is 0 Å². The van der Waals surface area contributed by atoms with Crippen LogP contribution in [-0.4, -0.2) is 45.3 Å². The Balaban J connectivity index is 1.99. The van der Waals surface area contributed by atoms with E-state index < -0.39 is 10.0 Å². The van der Waals surface area contributed by atoms with Crippen LogP contribution < -0.4 is 0 Å². The first kappa shape index (κ1) is 8.47. The van der Waals surface area contributed by atoms with E-state index in [2.05, 4.69) is 0 Å². The molecule has 2 aliphatic heterocycles. The number of nitrogens with zero attached hydrogens (tertiary/aromatic N) is 1. The third-order valence-corrected chi connectivity index (χ3v) is 3.87. The molecule has 2 fully saturated rings. The number of hydrogen-bond donors (Lipinski definition) is 0. The molecule has 0 bridgehead atoms. The molecule has 0 amide bonds. The van der Waals surface area contributed by atoms with Crippen LogP contribution in [-0.2, 0) is 14.8 Å². The Hall–Kier alpha value is -0.130. The van der Waals surface area contributed by atoms with E-state index in [9.17, 15) is 8.42 Å². The van der Waals surface area contributed by atoms with Crippen LogP contribution in [0.5, 0.6) is 0 Å². The first-order valence-corrected chi connectivity index (χ1v) is 5.90. The van der Waals surface area contributed by atoms with Crippen molar-refractivity contribution in [2.45, 2.75) is 6.42 Å². The number of hydrogen-bond acceptors (Lipinski definition) is 3. The summed E-state index contributed by atoms with van der Waals surface area (Å²) in [5.74, 6) is 0. The van der Waals surface area contributed by atoms with Gasteiger partial charge >= 0.3 is 0 Å². The topological polar surface area (TPSA) is 46.6 Å². The maximum atomic E-state index is 11.0. The molecule has 0 atom stereocenters. The molecule has 0 radical (unpaired) electrons. The van der Waals surface area contributed by atoms with Gasteiger partial charge in [-0.15, -0.1) is 0 Å². The number of rotatable bonds is 1. The van der Waals surface area contributed by atoms with Crippen LogP contribution in [0.25, 0.3) is 0 Å². The van der Waals surface area contributed by atoms with Crippen molar-refractivity contribution in [2.75, 3.05) is 32.6 Å². The molecule has 0 aromatic carbocycles. The van der Waals surface area contributed by atoms with Crippen LogP contribution in [0, 0.1) is 5.41 Å². The second-order valence-corrected chi connectivity index (χ2v) is 5.82. The van der Waals surface area contributed by atoms with E-state index in [0.29, 0.717) is 13.1 Å². The predicted molar refractivity (Wildman–Crippen MR) is 44.3 cm³/mol. The summed E-state index contributed by atoms with van der Waals surface area (Å²) in [4.78, 5) is 0. The zero-order valence-electron chi connectivity index (χ0n) is 7.12. The Labute approximate surface area is 72.6 Å². The van der Waals surface area contributed by atoms with Crippen LogP contribution in [0.4, 0.5) is 0 Å². The summed E-state index contributed by atoms with van der Waals surface area (Å²) in [5, 5.41) is 0. The summed E-state index contributed by atoms with van der Waals surface area (Å²) in [5.41, 5.74) is 0.170. The molecule has 4 nitrogen and oxygen atoms in total. The maximum Gasteiger partial charge on any atom is 0.211 e. The van der Waals surface area contributed by atoms with Gasteiger partial charge in [-0.2, -0.15) is 0 Å². The van der Waals surface area contributed by atoms with Gasteiger partial charge in [0.05, 0.1) is 12.9 Å². The molecule has 2 saturated heterocycles. The molecule has 0 saturated carbocycles. The number of sulfonamides is 1. The lowest BCUT2D eigenvalue weighted by Gasteiger charge is -2.45. The highest BCUT2D eigenvalue weighted by molar-refractivity contribution is 7.88. The van der Waals surface area contributed by atoms with E-state index in [0.717, 1.165) is 19.6 Å². The fraction of sp³-hybridized carbons (Fsp3) is 1.00. The van der Waals surface area contributed by atoms with Gasteiger partial charge in [0.25, 0.3) is 0 Å². The first-order chi connectivity index (χ1) is 5.52. The van der Waals surface area contributed by atoms with E-state index in [1.807, 2.05) is 0 Å². The lowest BCUT2D eigenvalue weighted by Crippen LogP contribution is -2.58. The molecule has 0 N–H and O–H groups in total. The normalized spacial score (nSPS) is 29.1. The fourth-order valence-electron chi connectivity index (χ4n) is 1.84. The van der Waals surface area contributed by atoms with Gasteiger partial charge in [-0.3, -0.25) is 0 Å². The predicted octanol–water partition coefficient (Wildman–Crippen LogP) is -0.332. The van der Waals surface area contributed by atoms with Crippen molar-refractivity contribution in [3.05, 3.63) is 0 Å². The molecule has 12 heavy (non-hydrogen) atoms. The molecule has 0 aliphatic carbocycles. The molecule has 0 aromatic rings. The lowest BCUT2D eigenvalue weighted by molar-refractivity contribution is 0.0517. The van der Waals surface area contributed by atoms with Gasteiger partial charge in [0, 0.05) is 25.1 Å². The van der Waals surface area contributed by atoms with Crippen molar-refractivity contribution >= 4 is 10.0 Å². The van der Waals surface area contributed by atoms with Crippen LogP contribution >= 0.6 is 0 Å². The van der Waals surface area contributed by atoms with Gasteiger partial charge in [-0.25, -0.2) is 12.7 Å². The summed E-state index contributed by atoms with van der Waals surface area (Å²) in [6.45, 7) is 2.84. The average Bonchev–Trinajstić information content (AvgIpc) is 2.27. The zero-order chi connectivity index (χ0) is 8.82. The number of ether oxygens (including phenoxy) is 1. The maximum absolute atomic E-state index is 11.0. The summed E-state index contributed by atoms with van der Waals surface area (Å²) >= 11 is 0. The molecule has 5 heteroatoms. The van der Waals surface area contributed by atoms with E-state index in [4.69, 9.17) is 4.74 Å². The molecule has 2 aliphatic rings. The van der Waals surface area contributed by atoms with Gasteiger partial charge in [-0.05, 0) is 6.42 Å². The molecule has 2 heterocycles. The minimum atomic E-state index is -2.95. The second kappa shape index (κ2) is 2.43. The smallest absolute Gasteiger partial charge is 0.211 e. The Morgan fingerprint density at radius 3 is 2.50 bits per heavy atom. The molecule has 1 spiro atoms. The van der Waals surface area contributed by atoms with Gasteiger partial charge in [0.2, 0.25) is 10.0 Å². The van der Waals surface area contributed by atoms with Crippen molar-refractivity contribution in [1.82, 2.24) is 4.31 Å². The van der Waals surface area contributed by atoms with Gasteiger partial charge in [0.1, 0.15) is 0 Å². The Bertz CT molecular complexity index is 271. The summed E-state index contributed by atoms with van der Waals surface area (Å²) < 4.78 is 28.8. The average molecular weight is 191 g/mol. The van der Waals surface area contributed by atoms with Gasteiger partial charge < -0.3 is 4.74 Å². The SMILES string of the molecule is CS(=O)(=O)N1CC2(CCOC2)C1. The van der Waals surface area contributed by atoms with Crippen LogP contribution in [0.2, 0.25) is 0 Å². The lowest BCUT2D eigenvalue weighted by atomic mass is 9.81. The highest BCUT2D eigenvalue weighted by atomic mass is 32.2. The summed E-state index contributed by atoms with van der Waals surface area (Å²) in [6, 6.07) is 0. The Kier molecular flexibility index (Phi) is 1.72. The highest BCUT2D eigenvalue weighted by Crippen LogP contribution is 2.39. The van der Waals surface area contributed by atoms with Crippen molar-refractivity contribution in [3.8, 4) is 0 Å². The molecule has 2 rings (SSSR count). The highest BCUT2D eigenvalue weighted by Gasteiger charge is 2.48. The largest absolute Gasteiger partial charge is 0.381 e.